The first-order valence-corrected chi connectivity index (χ1v) is 6.31. The van der Waals surface area contributed by atoms with Gasteiger partial charge in [-0.25, -0.2) is 4.98 Å². The molecule has 106 valence electrons. The van der Waals surface area contributed by atoms with Crippen molar-refractivity contribution < 1.29 is 17.9 Å². The third kappa shape index (κ3) is 3.73. The van der Waals surface area contributed by atoms with Crippen LogP contribution in [0.25, 0.3) is 0 Å². The summed E-state index contributed by atoms with van der Waals surface area (Å²) in [6, 6.07) is 1.83. The molecule has 1 fully saturated rings. The van der Waals surface area contributed by atoms with E-state index < -0.39 is 11.7 Å². The van der Waals surface area contributed by atoms with Gasteiger partial charge in [0.2, 0.25) is 0 Å². The van der Waals surface area contributed by atoms with Gasteiger partial charge in [-0.2, -0.15) is 13.2 Å². The summed E-state index contributed by atoms with van der Waals surface area (Å²) in [5.41, 5.74) is -0.790. The molecule has 2 rings (SSSR count). The molecular formula is C12H14ClF3N2O. The molecule has 1 saturated heterocycles. The van der Waals surface area contributed by atoms with Crippen LogP contribution in [-0.4, -0.2) is 31.3 Å². The summed E-state index contributed by atoms with van der Waals surface area (Å²) >= 11 is 5.65. The van der Waals surface area contributed by atoms with E-state index in [9.17, 15) is 13.2 Å². The Hall–Kier alpha value is -1.01. The Morgan fingerprint density at radius 1 is 1.47 bits per heavy atom. The van der Waals surface area contributed by atoms with Crippen molar-refractivity contribution in [3.8, 4) is 0 Å². The zero-order chi connectivity index (χ0) is 14.0. The zero-order valence-electron chi connectivity index (χ0n) is 10.4. The van der Waals surface area contributed by atoms with E-state index in [4.69, 9.17) is 16.3 Å². The Labute approximate surface area is 114 Å². The summed E-state index contributed by atoms with van der Waals surface area (Å²) in [6.45, 7) is 1.21. The number of pyridine rings is 1. The Kier molecular flexibility index (Phi) is 4.20. The van der Waals surface area contributed by atoms with Crippen molar-refractivity contribution in [2.24, 2.45) is 0 Å². The molecule has 0 bridgehead atoms. The summed E-state index contributed by atoms with van der Waals surface area (Å²) in [6.07, 6.45) is -2.49. The monoisotopic (exact) mass is 294 g/mol. The largest absolute Gasteiger partial charge is 0.416 e. The number of ether oxygens (including phenoxy) is 1. The molecule has 2 heterocycles. The lowest BCUT2D eigenvalue weighted by molar-refractivity contribution is -0.137. The van der Waals surface area contributed by atoms with Crippen molar-refractivity contribution in [3.05, 3.63) is 22.8 Å². The Morgan fingerprint density at radius 2 is 2.21 bits per heavy atom. The first-order valence-electron chi connectivity index (χ1n) is 5.94. The molecule has 1 unspecified atom stereocenters. The van der Waals surface area contributed by atoms with Crippen LogP contribution < -0.4 is 4.90 Å². The van der Waals surface area contributed by atoms with Gasteiger partial charge in [-0.15, -0.1) is 0 Å². The third-order valence-electron chi connectivity index (χ3n) is 3.00. The lowest BCUT2D eigenvalue weighted by atomic mass is 10.2. The molecule has 0 radical (unpaired) electrons. The van der Waals surface area contributed by atoms with E-state index in [0.29, 0.717) is 13.2 Å². The SMILES string of the molecule is CN(CC1CCCO1)c1cc(C(F)(F)F)cc(Cl)n1. The fourth-order valence-corrected chi connectivity index (χ4v) is 2.23. The zero-order valence-corrected chi connectivity index (χ0v) is 11.1. The van der Waals surface area contributed by atoms with Crippen LogP contribution in [0.5, 0.6) is 0 Å². The lowest BCUT2D eigenvalue weighted by Gasteiger charge is -2.22. The van der Waals surface area contributed by atoms with E-state index in [1.54, 1.807) is 11.9 Å². The Bertz CT molecular complexity index is 447. The van der Waals surface area contributed by atoms with Gasteiger partial charge < -0.3 is 9.64 Å². The van der Waals surface area contributed by atoms with Crippen LogP contribution in [0.3, 0.4) is 0 Å². The number of anilines is 1. The van der Waals surface area contributed by atoms with E-state index in [0.717, 1.165) is 25.0 Å². The second-order valence-electron chi connectivity index (χ2n) is 4.55. The average Bonchev–Trinajstić information content (AvgIpc) is 2.79. The van der Waals surface area contributed by atoms with Crippen LogP contribution in [0.1, 0.15) is 18.4 Å². The smallest absolute Gasteiger partial charge is 0.376 e. The lowest BCUT2D eigenvalue weighted by Crippen LogP contribution is -2.29. The van der Waals surface area contributed by atoms with E-state index in [1.807, 2.05) is 0 Å². The van der Waals surface area contributed by atoms with Gasteiger partial charge in [0.25, 0.3) is 0 Å². The summed E-state index contributed by atoms with van der Waals surface area (Å²) in [4.78, 5) is 5.56. The Balaban J connectivity index is 2.16. The summed E-state index contributed by atoms with van der Waals surface area (Å²) in [5, 5.41) is -0.163. The highest BCUT2D eigenvalue weighted by atomic mass is 35.5. The number of hydrogen-bond acceptors (Lipinski definition) is 3. The average molecular weight is 295 g/mol. The molecule has 1 aliphatic heterocycles. The number of hydrogen-bond donors (Lipinski definition) is 0. The molecule has 1 aliphatic rings. The second kappa shape index (κ2) is 5.54. The minimum absolute atomic E-state index is 0.0418. The van der Waals surface area contributed by atoms with Crippen LogP contribution in [0.4, 0.5) is 19.0 Å². The van der Waals surface area contributed by atoms with Crippen LogP contribution >= 0.6 is 11.6 Å². The van der Waals surface area contributed by atoms with Gasteiger partial charge in [0.1, 0.15) is 11.0 Å². The van der Waals surface area contributed by atoms with Crippen molar-refractivity contribution in [3.63, 3.8) is 0 Å². The molecule has 0 saturated carbocycles. The number of alkyl halides is 3. The number of aromatic nitrogens is 1. The summed E-state index contributed by atoms with van der Waals surface area (Å²) < 4.78 is 43.5. The molecule has 1 aromatic heterocycles. The van der Waals surface area contributed by atoms with Crippen LogP contribution in [0.2, 0.25) is 5.15 Å². The van der Waals surface area contributed by atoms with E-state index in [1.165, 1.54) is 0 Å². The molecule has 0 aromatic carbocycles. The molecule has 0 N–H and O–H groups in total. The van der Waals surface area contributed by atoms with E-state index >= 15 is 0 Å². The predicted molar refractivity (Wildman–Crippen MR) is 66.5 cm³/mol. The molecular weight excluding hydrogens is 281 g/mol. The fourth-order valence-electron chi connectivity index (χ4n) is 2.03. The maximum Gasteiger partial charge on any atom is 0.416 e. The van der Waals surface area contributed by atoms with Gasteiger partial charge in [-0.3, -0.25) is 0 Å². The highest BCUT2D eigenvalue weighted by Crippen LogP contribution is 2.32. The molecule has 1 atom stereocenters. The molecule has 1 aromatic rings. The third-order valence-corrected chi connectivity index (χ3v) is 3.19. The molecule has 0 spiro atoms. The van der Waals surface area contributed by atoms with Crippen molar-refractivity contribution in [2.45, 2.75) is 25.1 Å². The summed E-state index contributed by atoms with van der Waals surface area (Å²) in [5.74, 6) is 0.204. The predicted octanol–water partition coefficient (Wildman–Crippen LogP) is 3.37. The molecule has 0 aliphatic carbocycles. The highest BCUT2D eigenvalue weighted by Gasteiger charge is 2.32. The first-order chi connectivity index (χ1) is 8.86. The van der Waals surface area contributed by atoms with E-state index in [2.05, 4.69) is 4.98 Å². The van der Waals surface area contributed by atoms with Crippen LogP contribution in [0.15, 0.2) is 12.1 Å². The maximum atomic E-state index is 12.7. The molecule has 19 heavy (non-hydrogen) atoms. The standard InChI is InChI=1S/C12H14ClF3N2O/c1-18(7-9-3-2-4-19-9)11-6-8(12(14,15)16)5-10(13)17-11/h5-6,9H,2-4,7H2,1H3. The molecule has 0 amide bonds. The van der Waals surface area contributed by atoms with Gasteiger partial charge in [-0.1, -0.05) is 11.6 Å². The van der Waals surface area contributed by atoms with Gasteiger partial charge in [-0.05, 0) is 25.0 Å². The summed E-state index contributed by atoms with van der Waals surface area (Å²) in [7, 11) is 1.68. The van der Waals surface area contributed by atoms with Crippen molar-refractivity contribution >= 4 is 17.4 Å². The molecule has 7 heteroatoms. The number of nitrogens with zero attached hydrogens (tertiary/aromatic N) is 2. The minimum Gasteiger partial charge on any atom is -0.376 e. The van der Waals surface area contributed by atoms with E-state index in [-0.39, 0.29) is 17.1 Å². The number of likely N-dealkylation sites (N-methyl/N-ethyl adjacent to an activating group) is 1. The van der Waals surface area contributed by atoms with Crippen molar-refractivity contribution in [1.82, 2.24) is 4.98 Å². The topological polar surface area (TPSA) is 25.4 Å². The van der Waals surface area contributed by atoms with Gasteiger partial charge in [0.15, 0.2) is 0 Å². The van der Waals surface area contributed by atoms with Crippen LogP contribution in [-0.2, 0) is 10.9 Å². The van der Waals surface area contributed by atoms with Gasteiger partial charge >= 0.3 is 6.18 Å². The fraction of sp³-hybridized carbons (Fsp3) is 0.583. The maximum absolute atomic E-state index is 12.7. The van der Waals surface area contributed by atoms with Gasteiger partial charge in [0.05, 0.1) is 11.7 Å². The van der Waals surface area contributed by atoms with Crippen molar-refractivity contribution in [2.75, 3.05) is 25.1 Å². The number of rotatable bonds is 3. The Morgan fingerprint density at radius 3 is 2.79 bits per heavy atom. The van der Waals surface area contributed by atoms with Crippen LogP contribution in [0, 0.1) is 0 Å². The number of halogens is 4. The van der Waals surface area contributed by atoms with Crippen molar-refractivity contribution in [1.29, 1.82) is 0 Å². The molecule has 3 nitrogen and oxygen atoms in total. The normalized spacial score (nSPS) is 19.7. The highest BCUT2D eigenvalue weighted by molar-refractivity contribution is 6.29. The van der Waals surface area contributed by atoms with Gasteiger partial charge in [0, 0.05) is 20.2 Å². The minimum atomic E-state index is -4.42. The first kappa shape index (κ1) is 14.4. The quantitative estimate of drug-likeness (QED) is 0.799. The second-order valence-corrected chi connectivity index (χ2v) is 4.94.